The maximum Gasteiger partial charge on any atom is 0.418 e. The highest BCUT2D eigenvalue weighted by molar-refractivity contribution is 7.90. The molecule has 0 aliphatic rings. The van der Waals surface area contributed by atoms with Crippen molar-refractivity contribution in [3.63, 3.8) is 0 Å². The molecule has 0 aromatic heterocycles. The van der Waals surface area contributed by atoms with Gasteiger partial charge in [0.15, 0.2) is 0 Å². The molecule has 0 spiro atoms. The average Bonchev–Trinajstić information content (AvgIpc) is 2.16. The van der Waals surface area contributed by atoms with Crippen LogP contribution in [0.4, 0.5) is 10.5 Å². The van der Waals surface area contributed by atoms with Crippen LogP contribution in [0.3, 0.4) is 0 Å². The molecular formula is C8H10N2O4S. The topological polar surface area (TPSA) is 95.5 Å². The molecule has 0 radical (unpaired) electrons. The summed E-state index contributed by atoms with van der Waals surface area (Å²) < 4.78 is 24.1. The summed E-state index contributed by atoms with van der Waals surface area (Å²) in [6, 6.07) is 5.71. The van der Waals surface area contributed by atoms with E-state index in [4.69, 9.17) is 5.11 Å². The highest BCUT2D eigenvalue weighted by Gasteiger charge is 2.16. The smallest absolute Gasteiger partial charge is 0.418 e. The Morgan fingerprint density at radius 2 is 1.80 bits per heavy atom. The zero-order chi connectivity index (χ0) is 11.5. The van der Waals surface area contributed by atoms with Crippen molar-refractivity contribution in [2.24, 2.45) is 0 Å². The van der Waals surface area contributed by atoms with Gasteiger partial charge in [-0.2, -0.15) is 0 Å². The van der Waals surface area contributed by atoms with Crippen molar-refractivity contribution in [2.75, 3.05) is 12.4 Å². The maximum atomic E-state index is 11.3. The Kier molecular flexibility index (Phi) is 3.15. The maximum absolute atomic E-state index is 11.3. The molecule has 0 bridgehead atoms. The van der Waals surface area contributed by atoms with E-state index in [2.05, 4.69) is 5.32 Å². The molecule has 6 nitrogen and oxygen atoms in total. The Morgan fingerprint density at radius 1 is 1.27 bits per heavy atom. The van der Waals surface area contributed by atoms with Gasteiger partial charge in [-0.1, -0.05) is 0 Å². The number of carbonyl (C=O) groups is 1. The first-order valence-electron chi connectivity index (χ1n) is 3.99. The SMILES string of the molecule is CNc1ccc(S(=O)(=O)NC(=O)O)cc1. The summed E-state index contributed by atoms with van der Waals surface area (Å²) >= 11 is 0. The lowest BCUT2D eigenvalue weighted by Gasteiger charge is -2.04. The van der Waals surface area contributed by atoms with Crippen molar-refractivity contribution >= 4 is 21.8 Å². The molecule has 3 N–H and O–H groups in total. The number of hydrogen-bond donors (Lipinski definition) is 3. The van der Waals surface area contributed by atoms with Crippen LogP contribution in [0, 0.1) is 0 Å². The lowest BCUT2D eigenvalue weighted by atomic mass is 10.3. The third-order valence-corrected chi connectivity index (χ3v) is 3.01. The molecule has 7 heteroatoms. The monoisotopic (exact) mass is 230 g/mol. The van der Waals surface area contributed by atoms with Gasteiger partial charge in [-0.15, -0.1) is 0 Å². The van der Waals surface area contributed by atoms with Crippen LogP contribution in [-0.4, -0.2) is 26.7 Å². The molecule has 1 rings (SSSR count). The molecule has 0 unspecified atom stereocenters. The van der Waals surface area contributed by atoms with Gasteiger partial charge in [0, 0.05) is 12.7 Å². The molecule has 82 valence electrons. The van der Waals surface area contributed by atoms with Gasteiger partial charge >= 0.3 is 6.09 Å². The molecule has 0 atom stereocenters. The van der Waals surface area contributed by atoms with Crippen LogP contribution in [-0.2, 0) is 10.0 Å². The fraction of sp³-hybridized carbons (Fsp3) is 0.125. The van der Waals surface area contributed by atoms with E-state index in [1.165, 1.54) is 29.0 Å². The van der Waals surface area contributed by atoms with Gasteiger partial charge in [0.05, 0.1) is 4.90 Å². The number of sulfonamides is 1. The van der Waals surface area contributed by atoms with E-state index in [1.54, 1.807) is 7.05 Å². The minimum Gasteiger partial charge on any atom is -0.464 e. The fourth-order valence-electron chi connectivity index (χ4n) is 0.975. The van der Waals surface area contributed by atoms with Crippen LogP contribution in [0.25, 0.3) is 0 Å². The van der Waals surface area contributed by atoms with Crippen molar-refractivity contribution in [1.82, 2.24) is 4.72 Å². The van der Waals surface area contributed by atoms with Gasteiger partial charge in [0.2, 0.25) is 0 Å². The highest BCUT2D eigenvalue weighted by atomic mass is 32.2. The van der Waals surface area contributed by atoms with E-state index < -0.39 is 16.1 Å². The van der Waals surface area contributed by atoms with E-state index in [-0.39, 0.29) is 4.90 Å². The summed E-state index contributed by atoms with van der Waals surface area (Å²) in [6.07, 6.45) is -1.60. The molecule has 1 aromatic rings. The minimum atomic E-state index is -3.96. The zero-order valence-corrected chi connectivity index (χ0v) is 8.71. The number of carboxylic acid groups (broad SMARTS) is 1. The molecule has 15 heavy (non-hydrogen) atoms. The Morgan fingerprint density at radius 3 is 2.20 bits per heavy atom. The largest absolute Gasteiger partial charge is 0.464 e. The first kappa shape index (κ1) is 11.3. The molecule has 1 aromatic carbocycles. The van der Waals surface area contributed by atoms with Crippen LogP contribution < -0.4 is 10.0 Å². The number of benzene rings is 1. The Bertz CT molecular complexity index is 452. The number of nitrogens with one attached hydrogen (secondary N) is 2. The van der Waals surface area contributed by atoms with Crippen LogP contribution in [0.2, 0.25) is 0 Å². The predicted octanol–water partition coefficient (Wildman–Crippen LogP) is 0.685. The summed E-state index contributed by atoms with van der Waals surface area (Å²) in [5.74, 6) is 0. The predicted molar refractivity (Wildman–Crippen MR) is 54.3 cm³/mol. The van der Waals surface area contributed by atoms with Crippen LogP contribution >= 0.6 is 0 Å². The van der Waals surface area contributed by atoms with Crippen molar-refractivity contribution in [2.45, 2.75) is 4.90 Å². The first-order chi connectivity index (χ1) is 6.95. The fourth-order valence-corrected chi connectivity index (χ4v) is 1.82. The molecular weight excluding hydrogens is 220 g/mol. The molecule has 0 fully saturated rings. The number of hydrogen-bond acceptors (Lipinski definition) is 4. The summed E-state index contributed by atoms with van der Waals surface area (Å²) in [5.41, 5.74) is 0.740. The molecule has 0 heterocycles. The Labute approximate surface area is 87.0 Å². The third-order valence-electron chi connectivity index (χ3n) is 1.67. The highest BCUT2D eigenvalue weighted by Crippen LogP contribution is 2.12. The molecule has 0 aliphatic carbocycles. The van der Waals surface area contributed by atoms with Crippen molar-refractivity contribution < 1.29 is 18.3 Å². The van der Waals surface area contributed by atoms with Gasteiger partial charge in [-0.25, -0.2) is 17.9 Å². The van der Waals surface area contributed by atoms with Crippen LogP contribution in [0.15, 0.2) is 29.2 Å². The van der Waals surface area contributed by atoms with E-state index >= 15 is 0 Å². The summed E-state index contributed by atoms with van der Waals surface area (Å²) in [7, 11) is -2.27. The Hall–Kier alpha value is -1.76. The van der Waals surface area contributed by atoms with E-state index in [1.807, 2.05) is 0 Å². The lowest BCUT2D eigenvalue weighted by Crippen LogP contribution is -2.28. The van der Waals surface area contributed by atoms with E-state index in [0.29, 0.717) is 0 Å². The van der Waals surface area contributed by atoms with Crippen LogP contribution in [0.5, 0.6) is 0 Å². The Balaban J connectivity index is 3.01. The standard InChI is InChI=1S/C8H10N2O4S/c1-9-6-2-4-7(5-3-6)15(13,14)10-8(11)12/h2-5,9-10H,1H3,(H,11,12). The quantitative estimate of drug-likeness (QED) is 0.709. The van der Waals surface area contributed by atoms with E-state index in [9.17, 15) is 13.2 Å². The third kappa shape index (κ3) is 2.84. The van der Waals surface area contributed by atoms with Gasteiger partial charge in [-0.05, 0) is 24.3 Å². The van der Waals surface area contributed by atoms with Crippen LogP contribution in [0.1, 0.15) is 0 Å². The van der Waals surface area contributed by atoms with E-state index in [0.717, 1.165) is 5.69 Å². The molecule has 1 amide bonds. The molecule has 0 saturated carbocycles. The second-order valence-corrected chi connectivity index (χ2v) is 4.37. The second-order valence-electron chi connectivity index (χ2n) is 2.69. The summed E-state index contributed by atoms with van der Waals surface area (Å²) in [4.78, 5) is 10.1. The van der Waals surface area contributed by atoms with Gasteiger partial charge < -0.3 is 10.4 Å². The van der Waals surface area contributed by atoms with Crippen molar-refractivity contribution in [3.8, 4) is 0 Å². The summed E-state index contributed by atoms with van der Waals surface area (Å²) in [6.45, 7) is 0. The minimum absolute atomic E-state index is 0.0936. The van der Waals surface area contributed by atoms with Gasteiger partial charge in [-0.3, -0.25) is 0 Å². The van der Waals surface area contributed by atoms with Gasteiger partial charge in [0.25, 0.3) is 10.0 Å². The number of rotatable bonds is 3. The average molecular weight is 230 g/mol. The molecule has 0 saturated heterocycles. The molecule has 0 aliphatic heterocycles. The number of anilines is 1. The first-order valence-corrected chi connectivity index (χ1v) is 5.47. The lowest BCUT2D eigenvalue weighted by molar-refractivity contribution is 0.201. The second kappa shape index (κ2) is 4.18. The van der Waals surface area contributed by atoms with Crippen molar-refractivity contribution in [3.05, 3.63) is 24.3 Å². The summed E-state index contributed by atoms with van der Waals surface area (Å²) in [5, 5.41) is 11.1. The van der Waals surface area contributed by atoms with Crippen molar-refractivity contribution in [1.29, 1.82) is 0 Å². The number of amides is 1. The van der Waals surface area contributed by atoms with Gasteiger partial charge in [0.1, 0.15) is 0 Å². The normalized spacial score (nSPS) is 10.7. The zero-order valence-electron chi connectivity index (χ0n) is 7.89.